The van der Waals surface area contributed by atoms with E-state index in [9.17, 15) is 4.79 Å². The van der Waals surface area contributed by atoms with Crippen LogP contribution in [0.5, 0.6) is 0 Å². The molecule has 0 bridgehead atoms. The summed E-state index contributed by atoms with van der Waals surface area (Å²) in [5, 5.41) is 4.89. The highest BCUT2D eigenvalue weighted by Crippen LogP contribution is 1.54. The normalized spacial score (nSPS) is 18.0. The zero-order valence-corrected chi connectivity index (χ0v) is 3.69. The Hall–Kier alpha value is -1.06. The maximum Gasteiger partial charge on any atom is 0.409 e. The average molecular weight is 100 g/mol. The first kappa shape index (κ1) is 4.11. The lowest BCUT2D eigenvalue weighted by Crippen LogP contribution is -2.80. The predicted octanol–water partition coefficient (Wildman–Crippen LogP) is -2.63. The number of rotatable bonds is 0. The number of carbonyl (C=O) groups excluding carboxylic acids is 1. The molecule has 0 spiro atoms. The Labute approximate surface area is 40.6 Å². The number of amides is 2. The summed E-state index contributed by atoms with van der Waals surface area (Å²) in [6.45, 7) is 0.520. The molecule has 7 heavy (non-hydrogen) atoms. The molecule has 0 atom stereocenters. The molecule has 0 unspecified atom stereocenters. The second-order valence-corrected chi connectivity index (χ2v) is 1.18. The lowest BCUT2D eigenvalue weighted by atomic mass is 10.8. The molecule has 38 valence electrons. The average Bonchev–Trinajstić information content (AvgIpc) is 1.69. The highest BCUT2D eigenvalue weighted by Gasteiger charge is 2.03. The number of hydrogen-bond acceptors (Lipinski definition) is 1. The number of urea groups is 1. The molecule has 0 fully saturated rings. The van der Waals surface area contributed by atoms with Crippen LogP contribution in [0.25, 0.3) is 0 Å². The molecule has 2 amide bonds. The van der Waals surface area contributed by atoms with Gasteiger partial charge in [-0.3, -0.25) is 10.3 Å². The molecule has 0 aromatic carbocycles. The van der Waals surface area contributed by atoms with E-state index >= 15 is 0 Å². The maximum atomic E-state index is 10.2. The number of nitrogens with one attached hydrogen (secondary N) is 3. The van der Waals surface area contributed by atoms with E-state index in [0.29, 0.717) is 6.67 Å². The number of carbonyl (C=O) groups is 1. The van der Waals surface area contributed by atoms with Crippen molar-refractivity contribution >= 4 is 12.4 Å². The topological polar surface area (TPSA) is 55.1 Å². The van der Waals surface area contributed by atoms with Crippen molar-refractivity contribution < 1.29 is 9.79 Å². The van der Waals surface area contributed by atoms with Crippen molar-refractivity contribution in [3.63, 3.8) is 0 Å². The van der Waals surface area contributed by atoms with Crippen molar-refractivity contribution in [3.8, 4) is 0 Å². The number of hydrogen-bond donors (Lipinski definition) is 3. The molecule has 1 heterocycles. The smallest absolute Gasteiger partial charge is 0.282 e. The van der Waals surface area contributed by atoms with Crippen molar-refractivity contribution in [1.82, 2.24) is 10.6 Å². The zero-order chi connectivity index (χ0) is 5.11. The molecule has 0 radical (unpaired) electrons. The van der Waals surface area contributed by atoms with Gasteiger partial charge in [-0.15, -0.1) is 0 Å². The molecule has 0 saturated heterocycles. The highest BCUT2D eigenvalue weighted by atomic mass is 16.2. The predicted molar refractivity (Wildman–Crippen MR) is 23.6 cm³/mol. The van der Waals surface area contributed by atoms with Gasteiger partial charge in [-0.25, -0.2) is 4.79 Å². The van der Waals surface area contributed by atoms with Gasteiger partial charge < -0.3 is 0 Å². The van der Waals surface area contributed by atoms with Crippen LogP contribution in [-0.2, 0) is 0 Å². The SMILES string of the molecule is O=C1NC=[NH+]CN1. The van der Waals surface area contributed by atoms with E-state index in [1.807, 2.05) is 0 Å². The van der Waals surface area contributed by atoms with Gasteiger partial charge in [0.05, 0.1) is 0 Å². The molecule has 0 aromatic heterocycles. The first-order chi connectivity index (χ1) is 3.39. The van der Waals surface area contributed by atoms with Crippen molar-refractivity contribution in [3.05, 3.63) is 0 Å². The fourth-order valence-electron chi connectivity index (χ4n) is 0.350. The van der Waals surface area contributed by atoms with Crippen LogP contribution in [-0.4, -0.2) is 19.0 Å². The molecule has 3 N–H and O–H groups in total. The van der Waals surface area contributed by atoms with Crippen LogP contribution in [0.2, 0.25) is 0 Å². The standard InChI is InChI=1S/C3H5N3O/c7-3-5-1-4-2-6-3/h1H,2H2,(H2,4,5,6,7)/p+1. The molecule has 4 nitrogen and oxygen atoms in total. The van der Waals surface area contributed by atoms with Crippen molar-refractivity contribution in [2.75, 3.05) is 6.67 Å². The summed E-state index contributed by atoms with van der Waals surface area (Å²) >= 11 is 0. The highest BCUT2D eigenvalue weighted by molar-refractivity contribution is 5.85. The Morgan fingerprint density at radius 1 is 1.86 bits per heavy atom. The van der Waals surface area contributed by atoms with Gasteiger partial charge in [-0.2, -0.15) is 5.32 Å². The Bertz CT molecular complexity index is 109. The Morgan fingerprint density at radius 3 is 3.00 bits per heavy atom. The van der Waals surface area contributed by atoms with Crippen LogP contribution in [0.3, 0.4) is 0 Å². The Morgan fingerprint density at radius 2 is 2.71 bits per heavy atom. The molecule has 0 saturated carbocycles. The Balaban J connectivity index is 2.47. The minimum absolute atomic E-state index is 0.154. The first-order valence-corrected chi connectivity index (χ1v) is 1.99. The van der Waals surface area contributed by atoms with Crippen LogP contribution in [0, 0.1) is 0 Å². The third-order valence-corrected chi connectivity index (χ3v) is 0.656. The summed E-state index contributed by atoms with van der Waals surface area (Å²) in [6.07, 6.45) is 1.50. The van der Waals surface area contributed by atoms with E-state index in [1.54, 1.807) is 0 Å². The summed E-state index contributed by atoms with van der Waals surface area (Å²) in [7, 11) is 0. The van der Waals surface area contributed by atoms with E-state index in [2.05, 4.69) is 15.6 Å². The van der Waals surface area contributed by atoms with Gasteiger partial charge in [0.25, 0.3) is 0 Å². The molecule has 1 aliphatic heterocycles. The van der Waals surface area contributed by atoms with Gasteiger partial charge in [0, 0.05) is 0 Å². The van der Waals surface area contributed by atoms with Crippen molar-refractivity contribution in [1.29, 1.82) is 0 Å². The molecule has 1 rings (SSSR count). The molecule has 4 heteroatoms. The molecule has 1 aliphatic rings. The summed E-state index contributed by atoms with van der Waals surface area (Å²) in [4.78, 5) is 12.9. The largest absolute Gasteiger partial charge is 0.409 e. The molecule has 0 aliphatic carbocycles. The second kappa shape index (κ2) is 1.59. The van der Waals surface area contributed by atoms with Gasteiger partial charge in [-0.1, -0.05) is 0 Å². The molecular formula is C3H6N3O+. The van der Waals surface area contributed by atoms with Crippen molar-refractivity contribution in [2.45, 2.75) is 0 Å². The van der Waals surface area contributed by atoms with Crippen LogP contribution in [0.15, 0.2) is 0 Å². The van der Waals surface area contributed by atoms with Crippen LogP contribution < -0.4 is 15.6 Å². The van der Waals surface area contributed by atoms with Crippen LogP contribution >= 0.6 is 0 Å². The fourth-order valence-corrected chi connectivity index (χ4v) is 0.350. The summed E-state index contributed by atoms with van der Waals surface area (Å²) in [5.41, 5.74) is 0. The Kier molecular flexibility index (Phi) is 0.934. The van der Waals surface area contributed by atoms with Crippen LogP contribution in [0.1, 0.15) is 0 Å². The molecule has 0 aromatic rings. The quantitative estimate of drug-likeness (QED) is 0.306. The maximum absolute atomic E-state index is 10.2. The van der Waals surface area contributed by atoms with Gasteiger partial charge in [0.15, 0.2) is 6.67 Å². The fraction of sp³-hybridized carbons (Fsp3) is 0.333. The summed E-state index contributed by atoms with van der Waals surface area (Å²) < 4.78 is 0. The van der Waals surface area contributed by atoms with E-state index in [1.165, 1.54) is 6.34 Å². The summed E-state index contributed by atoms with van der Waals surface area (Å²) in [6, 6.07) is -0.154. The monoisotopic (exact) mass is 100 g/mol. The minimum Gasteiger partial charge on any atom is -0.282 e. The van der Waals surface area contributed by atoms with E-state index in [0.717, 1.165) is 0 Å². The third-order valence-electron chi connectivity index (χ3n) is 0.656. The van der Waals surface area contributed by atoms with Crippen molar-refractivity contribution in [2.24, 2.45) is 0 Å². The lowest BCUT2D eigenvalue weighted by molar-refractivity contribution is -0.459. The lowest BCUT2D eigenvalue weighted by Gasteiger charge is -1.97. The van der Waals surface area contributed by atoms with Gasteiger partial charge in [0.2, 0.25) is 6.34 Å². The first-order valence-electron chi connectivity index (χ1n) is 1.99. The molecular weight excluding hydrogens is 94.1 g/mol. The van der Waals surface area contributed by atoms with E-state index in [-0.39, 0.29) is 6.03 Å². The van der Waals surface area contributed by atoms with Gasteiger partial charge >= 0.3 is 6.03 Å². The third kappa shape index (κ3) is 0.887. The zero-order valence-electron chi connectivity index (χ0n) is 3.69. The summed E-state index contributed by atoms with van der Waals surface area (Å²) in [5.74, 6) is 0. The minimum atomic E-state index is -0.154. The van der Waals surface area contributed by atoms with E-state index < -0.39 is 0 Å². The second-order valence-electron chi connectivity index (χ2n) is 1.18. The van der Waals surface area contributed by atoms with Gasteiger partial charge in [0.1, 0.15) is 0 Å². The van der Waals surface area contributed by atoms with Gasteiger partial charge in [-0.05, 0) is 0 Å². The van der Waals surface area contributed by atoms with Crippen LogP contribution in [0.4, 0.5) is 4.79 Å². The van der Waals surface area contributed by atoms with E-state index in [4.69, 9.17) is 0 Å².